The van der Waals surface area contributed by atoms with E-state index in [-0.39, 0.29) is 24.1 Å². The van der Waals surface area contributed by atoms with Crippen LogP contribution >= 0.6 is 0 Å². The molecular formula is C17H20N4O2. The molecule has 1 aromatic carbocycles. The lowest BCUT2D eigenvalue weighted by Crippen LogP contribution is -2.38. The minimum absolute atomic E-state index is 0.0688. The lowest BCUT2D eigenvalue weighted by atomic mass is 10.2. The van der Waals surface area contributed by atoms with Crippen LogP contribution in [-0.4, -0.2) is 26.3 Å². The van der Waals surface area contributed by atoms with E-state index in [1.165, 1.54) is 4.68 Å². The van der Waals surface area contributed by atoms with E-state index in [1.54, 1.807) is 6.20 Å². The quantitative estimate of drug-likeness (QED) is 0.799. The van der Waals surface area contributed by atoms with Gasteiger partial charge in [-0.25, -0.2) is 4.68 Å². The largest absolute Gasteiger partial charge is 0.352 e. The van der Waals surface area contributed by atoms with Gasteiger partial charge in [0.05, 0.1) is 6.20 Å². The number of hydrogen-bond donors (Lipinski definition) is 1. The molecule has 0 bridgehead atoms. The fourth-order valence-corrected chi connectivity index (χ4v) is 2.79. The van der Waals surface area contributed by atoms with E-state index in [0.29, 0.717) is 5.52 Å². The van der Waals surface area contributed by atoms with Crippen molar-refractivity contribution in [1.29, 1.82) is 0 Å². The van der Waals surface area contributed by atoms with Gasteiger partial charge in [0.1, 0.15) is 12.1 Å². The van der Waals surface area contributed by atoms with E-state index in [0.717, 1.165) is 22.7 Å². The molecule has 0 aliphatic heterocycles. The fourth-order valence-electron chi connectivity index (χ4n) is 2.79. The van der Waals surface area contributed by atoms with Crippen LogP contribution in [0.1, 0.15) is 20.3 Å². The van der Waals surface area contributed by atoms with Crippen molar-refractivity contribution in [3.05, 3.63) is 40.8 Å². The number of rotatable bonds is 4. The average Bonchev–Trinajstić information content (AvgIpc) is 2.84. The minimum Gasteiger partial charge on any atom is -0.352 e. The molecule has 0 aliphatic carbocycles. The van der Waals surface area contributed by atoms with Crippen molar-refractivity contribution >= 4 is 27.7 Å². The second-order valence-electron chi connectivity index (χ2n) is 5.82. The standard InChI is InChI=1S/C17H20N4O2/c1-4-11(2)19-15(22)10-21-17(23)16-13(9-18-21)12-7-5-6-8-14(12)20(16)3/h5-9,11H,4,10H2,1-3H3,(H,19,22)/t11-/m0/s1. The van der Waals surface area contributed by atoms with Crippen molar-refractivity contribution in [3.8, 4) is 0 Å². The van der Waals surface area contributed by atoms with Crippen LogP contribution in [0, 0.1) is 0 Å². The lowest BCUT2D eigenvalue weighted by molar-refractivity contribution is -0.122. The van der Waals surface area contributed by atoms with Crippen molar-refractivity contribution in [3.63, 3.8) is 0 Å². The summed E-state index contributed by atoms with van der Waals surface area (Å²) in [7, 11) is 1.86. The first-order chi connectivity index (χ1) is 11.0. The highest BCUT2D eigenvalue weighted by Gasteiger charge is 2.15. The molecule has 3 rings (SSSR count). The van der Waals surface area contributed by atoms with Crippen LogP contribution in [0.3, 0.4) is 0 Å². The number of aryl methyl sites for hydroxylation is 1. The zero-order chi connectivity index (χ0) is 16.6. The Hall–Kier alpha value is -2.63. The normalized spacial score (nSPS) is 12.7. The van der Waals surface area contributed by atoms with E-state index in [9.17, 15) is 9.59 Å². The number of hydrogen-bond acceptors (Lipinski definition) is 3. The van der Waals surface area contributed by atoms with E-state index in [4.69, 9.17) is 0 Å². The predicted molar refractivity (Wildman–Crippen MR) is 90.4 cm³/mol. The van der Waals surface area contributed by atoms with Crippen molar-refractivity contribution in [2.45, 2.75) is 32.9 Å². The van der Waals surface area contributed by atoms with Gasteiger partial charge in [0.2, 0.25) is 5.91 Å². The number of nitrogens with one attached hydrogen (secondary N) is 1. The first kappa shape index (κ1) is 15.3. The van der Waals surface area contributed by atoms with Crippen LogP contribution in [0.25, 0.3) is 21.8 Å². The van der Waals surface area contributed by atoms with Crippen LogP contribution in [0.5, 0.6) is 0 Å². The second-order valence-corrected chi connectivity index (χ2v) is 5.82. The molecule has 6 nitrogen and oxygen atoms in total. The van der Waals surface area contributed by atoms with Crippen LogP contribution in [0.15, 0.2) is 35.3 Å². The van der Waals surface area contributed by atoms with Crippen LogP contribution < -0.4 is 10.9 Å². The monoisotopic (exact) mass is 312 g/mol. The third-order valence-electron chi connectivity index (χ3n) is 4.22. The van der Waals surface area contributed by atoms with Gasteiger partial charge in [-0.2, -0.15) is 5.10 Å². The zero-order valence-corrected chi connectivity index (χ0v) is 13.5. The Labute approximate surface area is 133 Å². The van der Waals surface area contributed by atoms with E-state index in [2.05, 4.69) is 10.4 Å². The van der Waals surface area contributed by atoms with Gasteiger partial charge in [-0.3, -0.25) is 9.59 Å². The summed E-state index contributed by atoms with van der Waals surface area (Å²) in [4.78, 5) is 24.7. The molecule has 0 fully saturated rings. The Balaban J connectivity index is 2.06. The molecule has 2 aromatic heterocycles. The fraction of sp³-hybridized carbons (Fsp3) is 0.353. The average molecular weight is 312 g/mol. The summed E-state index contributed by atoms with van der Waals surface area (Å²) >= 11 is 0. The molecule has 120 valence electrons. The number of aromatic nitrogens is 3. The molecule has 0 saturated heterocycles. The number of carbonyl (C=O) groups excluding carboxylic acids is 1. The Kier molecular flexibility index (Phi) is 3.90. The van der Waals surface area contributed by atoms with Crippen LogP contribution in [-0.2, 0) is 18.4 Å². The summed E-state index contributed by atoms with van der Waals surface area (Å²) in [5, 5.41) is 8.83. The van der Waals surface area contributed by atoms with Gasteiger partial charge >= 0.3 is 0 Å². The molecule has 23 heavy (non-hydrogen) atoms. The molecule has 0 aliphatic rings. The Bertz CT molecular complexity index is 939. The van der Waals surface area contributed by atoms with E-state index < -0.39 is 0 Å². The molecule has 0 radical (unpaired) electrons. The third-order valence-corrected chi connectivity index (χ3v) is 4.22. The highest BCUT2D eigenvalue weighted by Crippen LogP contribution is 2.24. The molecule has 1 N–H and O–H groups in total. The maximum Gasteiger partial charge on any atom is 0.291 e. The molecule has 6 heteroatoms. The second kappa shape index (κ2) is 5.87. The summed E-state index contributed by atoms with van der Waals surface area (Å²) in [5.41, 5.74) is 1.29. The molecule has 0 unspecified atom stereocenters. The molecular weight excluding hydrogens is 292 g/mol. The van der Waals surface area contributed by atoms with Crippen LogP contribution in [0.2, 0.25) is 0 Å². The highest BCUT2D eigenvalue weighted by atomic mass is 16.2. The summed E-state index contributed by atoms with van der Waals surface area (Å²) < 4.78 is 3.08. The third kappa shape index (κ3) is 2.60. The summed E-state index contributed by atoms with van der Waals surface area (Å²) in [5.74, 6) is -0.202. The van der Waals surface area contributed by atoms with Gasteiger partial charge in [-0.15, -0.1) is 0 Å². The van der Waals surface area contributed by atoms with Crippen LogP contribution in [0.4, 0.5) is 0 Å². The topological polar surface area (TPSA) is 68.9 Å². The summed E-state index contributed by atoms with van der Waals surface area (Å²) in [6.07, 6.45) is 2.51. The first-order valence-electron chi connectivity index (χ1n) is 7.75. The van der Waals surface area contributed by atoms with Gasteiger partial charge in [-0.05, 0) is 19.4 Å². The van der Waals surface area contributed by atoms with E-state index in [1.807, 2.05) is 49.7 Å². The Morgan fingerprint density at radius 3 is 2.78 bits per heavy atom. The number of amides is 1. The first-order valence-corrected chi connectivity index (χ1v) is 7.75. The zero-order valence-electron chi connectivity index (χ0n) is 13.5. The summed E-state index contributed by atoms with van der Waals surface area (Å²) in [6.45, 7) is 3.86. The number of fused-ring (bicyclic) bond motifs is 3. The maximum atomic E-state index is 12.7. The van der Waals surface area contributed by atoms with Gasteiger partial charge in [-0.1, -0.05) is 25.1 Å². The smallest absolute Gasteiger partial charge is 0.291 e. The van der Waals surface area contributed by atoms with E-state index >= 15 is 0 Å². The molecule has 0 saturated carbocycles. The molecule has 1 atom stereocenters. The molecule has 0 spiro atoms. The predicted octanol–water partition coefficient (Wildman–Crippen LogP) is 1.80. The van der Waals surface area contributed by atoms with Crippen molar-refractivity contribution in [2.75, 3.05) is 0 Å². The molecule has 3 aromatic rings. The SMILES string of the molecule is CC[C@H](C)NC(=O)Cn1ncc2c3ccccc3n(C)c2c1=O. The highest BCUT2D eigenvalue weighted by molar-refractivity contribution is 6.07. The Morgan fingerprint density at radius 2 is 2.04 bits per heavy atom. The molecule has 2 heterocycles. The Morgan fingerprint density at radius 1 is 1.30 bits per heavy atom. The summed E-state index contributed by atoms with van der Waals surface area (Å²) in [6, 6.07) is 7.90. The van der Waals surface area contributed by atoms with Crippen molar-refractivity contribution < 1.29 is 4.79 Å². The lowest BCUT2D eigenvalue weighted by Gasteiger charge is -2.11. The minimum atomic E-state index is -0.250. The number of benzene rings is 1. The molecule has 1 amide bonds. The van der Waals surface area contributed by atoms with Gasteiger partial charge < -0.3 is 9.88 Å². The van der Waals surface area contributed by atoms with Gasteiger partial charge in [0, 0.05) is 29.4 Å². The van der Waals surface area contributed by atoms with Gasteiger partial charge in [0.15, 0.2) is 0 Å². The number of carbonyl (C=O) groups is 1. The van der Waals surface area contributed by atoms with Gasteiger partial charge in [0.25, 0.3) is 5.56 Å². The maximum absolute atomic E-state index is 12.7. The number of nitrogens with zero attached hydrogens (tertiary/aromatic N) is 3. The number of para-hydroxylation sites is 1. The van der Waals surface area contributed by atoms with Crippen molar-refractivity contribution in [1.82, 2.24) is 19.7 Å². The van der Waals surface area contributed by atoms with Crippen molar-refractivity contribution in [2.24, 2.45) is 7.05 Å².